The van der Waals surface area contributed by atoms with E-state index in [1.165, 1.54) is 12.1 Å². The molecule has 0 unspecified atom stereocenters. The minimum atomic E-state index is -0.282. The Bertz CT molecular complexity index is 877. The lowest BCUT2D eigenvalue weighted by Gasteiger charge is -2.14. The zero-order valence-electron chi connectivity index (χ0n) is 14.1. The fourth-order valence-electron chi connectivity index (χ4n) is 2.65. The SMILES string of the molecule is COc1cc2nc(-c3ccc(F)cc3)nc(C(C)C)c2cc1OC. The van der Waals surface area contributed by atoms with E-state index in [1.807, 2.05) is 12.1 Å². The van der Waals surface area contributed by atoms with E-state index in [0.717, 1.165) is 22.2 Å². The van der Waals surface area contributed by atoms with Crippen LogP contribution >= 0.6 is 0 Å². The third-order valence-electron chi connectivity index (χ3n) is 3.88. The van der Waals surface area contributed by atoms with Gasteiger partial charge in [0.15, 0.2) is 17.3 Å². The van der Waals surface area contributed by atoms with E-state index >= 15 is 0 Å². The number of methoxy groups -OCH3 is 2. The molecule has 3 rings (SSSR count). The molecule has 0 amide bonds. The summed E-state index contributed by atoms with van der Waals surface area (Å²) in [7, 11) is 3.20. The second-order valence-corrected chi connectivity index (χ2v) is 5.82. The average Bonchev–Trinajstić information content (AvgIpc) is 2.59. The van der Waals surface area contributed by atoms with Gasteiger partial charge in [-0.05, 0) is 36.2 Å². The predicted molar refractivity (Wildman–Crippen MR) is 92.1 cm³/mol. The minimum absolute atomic E-state index is 0.202. The molecule has 24 heavy (non-hydrogen) atoms. The molecule has 0 radical (unpaired) electrons. The fourth-order valence-corrected chi connectivity index (χ4v) is 2.65. The Kier molecular flexibility index (Phi) is 4.34. The van der Waals surface area contributed by atoms with Gasteiger partial charge in [0.05, 0.1) is 25.4 Å². The van der Waals surface area contributed by atoms with E-state index in [2.05, 4.69) is 18.8 Å². The second-order valence-electron chi connectivity index (χ2n) is 5.82. The van der Waals surface area contributed by atoms with Crippen molar-refractivity contribution in [1.82, 2.24) is 9.97 Å². The molecule has 4 nitrogen and oxygen atoms in total. The molecular weight excluding hydrogens is 307 g/mol. The molecule has 0 saturated heterocycles. The number of nitrogens with zero attached hydrogens (tertiary/aromatic N) is 2. The number of halogens is 1. The summed E-state index contributed by atoms with van der Waals surface area (Å²) in [6, 6.07) is 9.93. The van der Waals surface area contributed by atoms with Crippen LogP contribution in [0.5, 0.6) is 11.5 Å². The summed E-state index contributed by atoms with van der Waals surface area (Å²) in [6.07, 6.45) is 0. The highest BCUT2D eigenvalue weighted by Crippen LogP contribution is 2.35. The van der Waals surface area contributed by atoms with Crippen LogP contribution in [0.25, 0.3) is 22.3 Å². The Balaban J connectivity index is 2.28. The van der Waals surface area contributed by atoms with Gasteiger partial charge in [-0.1, -0.05) is 13.8 Å². The van der Waals surface area contributed by atoms with Crippen LogP contribution in [0.4, 0.5) is 4.39 Å². The highest BCUT2D eigenvalue weighted by molar-refractivity contribution is 5.86. The highest BCUT2D eigenvalue weighted by atomic mass is 19.1. The maximum Gasteiger partial charge on any atom is 0.162 e. The first kappa shape index (κ1) is 16.2. The standard InChI is InChI=1S/C19H19FN2O2/c1-11(2)18-14-9-16(23-3)17(24-4)10-15(14)21-19(22-18)12-5-7-13(20)8-6-12/h5-11H,1-4H3. The van der Waals surface area contributed by atoms with Gasteiger partial charge in [-0.3, -0.25) is 0 Å². The third-order valence-corrected chi connectivity index (χ3v) is 3.88. The van der Waals surface area contributed by atoms with Crippen LogP contribution in [-0.4, -0.2) is 24.2 Å². The van der Waals surface area contributed by atoms with E-state index < -0.39 is 0 Å². The van der Waals surface area contributed by atoms with Crippen LogP contribution in [0.3, 0.4) is 0 Å². The lowest BCUT2D eigenvalue weighted by molar-refractivity contribution is 0.355. The summed E-state index contributed by atoms with van der Waals surface area (Å²) >= 11 is 0. The Morgan fingerprint density at radius 1 is 0.917 bits per heavy atom. The molecule has 124 valence electrons. The quantitative estimate of drug-likeness (QED) is 0.704. The summed E-state index contributed by atoms with van der Waals surface area (Å²) in [4.78, 5) is 9.33. The van der Waals surface area contributed by atoms with Crippen LogP contribution in [0, 0.1) is 5.82 Å². The normalized spacial score (nSPS) is 11.1. The topological polar surface area (TPSA) is 44.2 Å². The Morgan fingerprint density at radius 2 is 1.54 bits per heavy atom. The van der Waals surface area contributed by atoms with Gasteiger partial charge in [0.1, 0.15) is 5.82 Å². The molecule has 0 fully saturated rings. The van der Waals surface area contributed by atoms with E-state index in [0.29, 0.717) is 17.3 Å². The largest absolute Gasteiger partial charge is 0.493 e. The molecule has 0 bridgehead atoms. The molecule has 1 heterocycles. The third kappa shape index (κ3) is 2.89. The van der Waals surface area contributed by atoms with Crippen molar-refractivity contribution in [3.05, 3.63) is 47.9 Å². The van der Waals surface area contributed by atoms with Crippen LogP contribution in [0.2, 0.25) is 0 Å². The number of rotatable bonds is 4. The minimum Gasteiger partial charge on any atom is -0.493 e. The number of aromatic nitrogens is 2. The summed E-state index contributed by atoms with van der Waals surface area (Å²) in [5.41, 5.74) is 2.46. The Labute approximate surface area is 140 Å². The molecule has 2 aromatic carbocycles. The van der Waals surface area contributed by atoms with Crippen molar-refractivity contribution in [1.29, 1.82) is 0 Å². The lowest BCUT2D eigenvalue weighted by atomic mass is 10.0. The van der Waals surface area contributed by atoms with Crippen LogP contribution < -0.4 is 9.47 Å². The van der Waals surface area contributed by atoms with E-state index in [1.54, 1.807) is 26.4 Å². The maximum atomic E-state index is 13.2. The van der Waals surface area contributed by atoms with Gasteiger partial charge in [-0.2, -0.15) is 0 Å². The zero-order valence-corrected chi connectivity index (χ0v) is 14.1. The molecule has 5 heteroatoms. The van der Waals surface area contributed by atoms with Crippen molar-refractivity contribution in [2.75, 3.05) is 14.2 Å². The number of hydrogen-bond acceptors (Lipinski definition) is 4. The summed E-state index contributed by atoms with van der Waals surface area (Å²) in [5, 5.41) is 0.925. The van der Waals surface area contributed by atoms with Gasteiger partial charge >= 0.3 is 0 Å². The lowest BCUT2D eigenvalue weighted by Crippen LogP contribution is -2.01. The Morgan fingerprint density at radius 3 is 2.12 bits per heavy atom. The number of benzene rings is 2. The van der Waals surface area contributed by atoms with Crippen LogP contribution in [-0.2, 0) is 0 Å². The average molecular weight is 326 g/mol. The first-order valence-electron chi connectivity index (χ1n) is 7.73. The monoisotopic (exact) mass is 326 g/mol. The first-order valence-corrected chi connectivity index (χ1v) is 7.73. The smallest absolute Gasteiger partial charge is 0.162 e. The van der Waals surface area contributed by atoms with Crippen molar-refractivity contribution in [2.45, 2.75) is 19.8 Å². The molecule has 0 spiro atoms. The number of ether oxygens (including phenoxy) is 2. The molecule has 0 aliphatic heterocycles. The number of fused-ring (bicyclic) bond motifs is 1. The molecule has 0 aliphatic rings. The van der Waals surface area contributed by atoms with E-state index in [-0.39, 0.29) is 11.7 Å². The predicted octanol–water partition coefficient (Wildman–Crippen LogP) is 4.58. The summed E-state index contributed by atoms with van der Waals surface area (Å²) in [5.74, 6) is 1.75. The van der Waals surface area contributed by atoms with E-state index in [4.69, 9.17) is 14.5 Å². The molecule has 0 N–H and O–H groups in total. The van der Waals surface area contributed by atoms with Gasteiger partial charge < -0.3 is 9.47 Å². The van der Waals surface area contributed by atoms with Crippen molar-refractivity contribution >= 4 is 10.9 Å². The molecular formula is C19H19FN2O2. The van der Waals surface area contributed by atoms with E-state index in [9.17, 15) is 4.39 Å². The van der Waals surface area contributed by atoms with Gasteiger partial charge in [-0.15, -0.1) is 0 Å². The Hall–Kier alpha value is -2.69. The summed E-state index contributed by atoms with van der Waals surface area (Å²) in [6.45, 7) is 4.15. The van der Waals surface area contributed by atoms with Crippen molar-refractivity contribution in [3.63, 3.8) is 0 Å². The molecule has 3 aromatic rings. The van der Waals surface area contributed by atoms with Gasteiger partial charge in [0.25, 0.3) is 0 Å². The molecule has 1 aromatic heterocycles. The molecule has 0 aliphatic carbocycles. The highest BCUT2D eigenvalue weighted by Gasteiger charge is 2.16. The first-order chi connectivity index (χ1) is 11.5. The van der Waals surface area contributed by atoms with Crippen LogP contribution in [0.15, 0.2) is 36.4 Å². The summed E-state index contributed by atoms with van der Waals surface area (Å²) < 4.78 is 23.9. The fraction of sp³-hybridized carbons (Fsp3) is 0.263. The van der Waals surface area contributed by atoms with Gasteiger partial charge in [0.2, 0.25) is 0 Å². The van der Waals surface area contributed by atoms with Crippen molar-refractivity contribution < 1.29 is 13.9 Å². The van der Waals surface area contributed by atoms with Gasteiger partial charge in [0, 0.05) is 17.0 Å². The molecule has 0 atom stereocenters. The molecule has 0 saturated carbocycles. The zero-order chi connectivity index (χ0) is 17.3. The van der Waals surface area contributed by atoms with Crippen molar-refractivity contribution in [3.8, 4) is 22.9 Å². The van der Waals surface area contributed by atoms with Gasteiger partial charge in [-0.25, -0.2) is 14.4 Å². The number of hydrogen-bond donors (Lipinski definition) is 0. The van der Waals surface area contributed by atoms with Crippen LogP contribution in [0.1, 0.15) is 25.5 Å². The van der Waals surface area contributed by atoms with Crippen molar-refractivity contribution in [2.24, 2.45) is 0 Å². The maximum absolute atomic E-state index is 13.2. The second kappa shape index (κ2) is 6.43.